The van der Waals surface area contributed by atoms with Crippen LogP contribution in [0.15, 0.2) is 60.4 Å². The van der Waals surface area contributed by atoms with Crippen molar-refractivity contribution in [2.24, 2.45) is 0 Å². The Labute approximate surface area is 189 Å². The smallest absolute Gasteiger partial charge is 0.312 e. The Kier molecular flexibility index (Phi) is 5.01. The van der Waals surface area contributed by atoms with Gasteiger partial charge in [-0.3, -0.25) is 9.59 Å². The van der Waals surface area contributed by atoms with Crippen molar-refractivity contribution in [3.63, 3.8) is 0 Å². The molecule has 1 atom stereocenters. The summed E-state index contributed by atoms with van der Waals surface area (Å²) < 4.78 is 22.1. The van der Waals surface area contributed by atoms with Crippen molar-refractivity contribution in [2.75, 3.05) is 14.2 Å². The maximum atomic E-state index is 13.1. The topological polar surface area (TPSA) is 91.3 Å². The SMILES string of the molecule is COc1cc([C@@H]2CC(=O)Oc3ccc4c(c32)O/C(=C/c2ccccc2)C4=O)cc(OC)c1O. The zero-order chi connectivity index (χ0) is 23.1. The van der Waals surface area contributed by atoms with E-state index in [1.54, 1.807) is 30.3 Å². The quantitative estimate of drug-likeness (QED) is 0.361. The number of aromatic hydroxyl groups is 1. The highest BCUT2D eigenvalue weighted by molar-refractivity contribution is 6.15. The van der Waals surface area contributed by atoms with E-state index in [4.69, 9.17) is 18.9 Å². The second kappa shape index (κ2) is 8.02. The molecule has 0 unspecified atom stereocenters. The van der Waals surface area contributed by atoms with Crippen molar-refractivity contribution in [1.29, 1.82) is 0 Å². The number of esters is 1. The fourth-order valence-corrected chi connectivity index (χ4v) is 4.21. The molecule has 5 rings (SSSR count). The molecule has 0 bridgehead atoms. The molecular weight excluding hydrogens is 424 g/mol. The number of rotatable bonds is 4. The molecule has 33 heavy (non-hydrogen) atoms. The van der Waals surface area contributed by atoms with E-state index in [0.717, 1.165) is 5.56 Å². The van der Waals surface area contributed by atoms with Crippen LogP contribution in [0.3, 0.4) is 0 Å². The Morgan fingerprint density at radius 3 is 2.33 bits per heavy atom. The van der Waals surface area contributed by atoms with Crippen LogP contribution in [0.1, 0.15) is 39.4 Å². The lowest BCUT2D eigenvalue weighted by atomic mass is 9.84. The highest BCUT2D eigenvalue weighted by Gasteiger charge is 2.39. The molecular formula is C26H20O7. The van der Waals surface area contributed by atoms with Gasteiger partial charge in [-0.25, -0.2) is 0 Å². The van der Waals surface area contributed by atoms with Gasteiger partial charge in [-0.1, -0.05) is 30.3 Å². The standard InChI is InChI=1S/C26H20O7/c1-30-19-11-15(12-20(31-2)25(19)29)17-13-22(27)32-18-9-8-16-24(28)21(33-26(16)23(17)18)10-14-6-4-3-5-7-14/h3-12,17,29H,13H2,1-2H3/b21-10+/t17-/m0/s1. The number of benzene rings is 3. The first kappa shape index (κ1) is 20.6. The summed E-state index contributed by atoms with van der Waals surface area (Å²) in [6.07, 6.45) is 1.71. The summed E-state index contributed by atoms with van der Waals surface area (Å²) in [5.74, 6) is 0.0110. The van der Waals surface area contributed by atoms with Gasteiger partial charge >= 0.3 is 5.97 Å². The molecule has 0 aliphatic carbocycles. The van der Waals surface area contributed by atoms with Crippen LogP contribution in [-0.4, -0.2) is 31.1 Å². The van der Waals surface area contributed by atoms with E-state index in [-0.39, 0.29) is 35.2 Å². The van der Waals surface area contributed by atoms with Crippen molar-refractivity contribution in [2.45, 2.75) is 12.3 Å². The lowest BCUT2D eigenvalue weighted by molar-refractivity contribution is -0.135. The van der Waals surface area contributed by atoms with Gasteiger partial charge in [0, 0.05) is 11.5 Å². The number of hydrogen-bond acceptors (Lipinski definition) is 7. The van der Waals surface area contributed by atoms with Crippen molar-refractivity contribution < 1.29 is 33.6 Å². The third kappa shape index (κ3) is 3.47. The molecule has 2 heterocycles. The average molecular weight is 444 g/mol. The Morgan fingerprint density at radius 1 is 0.970 bits per heavy atom. The third-order valence-electron chi connectivity index (χ3n) is 5.78. The first-order valence-electron chi connectivity index (χ1n) is 10.3. The van der Waals surface area contributed by atoms with Crippen LogP contribution in [0, 0.1) is 0 Å². The van der Waals surface area contributed by atoms with E-state index in [9.17, 15) is 14.7 Å². The summed E-state index contributed by atoms with van der Waals surface area (Å²) in [6.45, 7) is 0. The summed E-state index contributed by atoms with van der Waals surface area (Å²) in [5.41, 5.74) is 2.48. The largest absolute Gasteiger partial charge is 0.502 e. The fraction of sp³-hybridized carbons (Fsp3) is 0.154. The summed E-state index contributed by atoms with van der Waals surface area (Å²) in [7, 11) is 2.86. The van der Waals surface area contributed by atoms with Gasteiger partial charge in [0.25, 0.3) is 0 Å². The van der Waals surface area contributed by atoms with Crippen LogP contribution in [0.4, 0.5) is 0 Å². The lowest BCUT2D eigenvalue weighted by Crippen LogP contribution is -2.21. The van der Waals surface area contributed by atoms with Crippen LogP contribution < -0.4 is 18.9 Å². The molecule has 166 valence electrons. The maximum Gasteiger partial charge on any atom is 0.312 e. The Balaban J connectivity index is 1.65. The van der Waals surface area contributed by atoms with E-state index in [0.29, 0.717) is 28.2 Å². The molecule has 2 aliphatic rings. The molecule has 0 radical (unpaired) electrons. The molecule has 3 aromatic rings. The Morgan fingerprint density at radius 2 is 1.67 bits per heavy atom. The Bertz CT molecular complexity index is 1280. The molecule has 3 aromatic carbocycles. The Hall–Kier alpha value is -4.26. The molecule has 0 saturated carbocycles. The summed E-state index contributed by atoms with van der Waals surface area (Å²) in [4.78, 5) is 25.5. The van der Waals surface area contributed by atoms with E-state index >= 15 is 0 Å². The number of ketones is 1. The van der Waals surface area contributed by atoms with Gasteiger partial charge < -0.3 is 24.1 Å². The van der Waals surface area contributed by atoms with E-state index in [1.165, 1.54) is 14.2 Å². The van der Waals surface area contributed by atoms with Crippen LogP contribution >= 0.6 is 0 Å². The van der Waals surface area contributed by atoms with Crippen LogP contribution in [0.25, 0.3) is 6.08 Å². The minimum Gasteiger partial charge on any atom is -0.502 e. The number of fused-ring (bicyclic) bond motifs is 3. The summed E-state index contributed by atoms with van der Waals surface area (Å²) >= 11 is 0. The second-order valence-electron chi connectivity index (χ2n) is 7.71. The first-order valence-corrected chi connectivity index (χ1v) is 10.3. The van der Waals surface area contributed by atoms with Crippen molar-refractivity contribution in [3.8, 4) is 28.7 Å². The highest BCUT2D eigenvalue weighted by atomic mass is 16.5. The van der Waals surface area contributed by atoms with Gasteiger partial charge in [0.2, 0.25) is 11.5 Å². The van der Waals surface area contributed by atoms with Crippen molar-refractivity contribution in [3.05, 3.63) is 82.6 Å². The van der Waals surface area contributed by atoms with E-state index < -0.39 is 11.9 Å². The monoisotopic (exact) mass is 444 g/mol. The molecule has 7 nitrogen and oxygen atoms in total. The summed E-state index contributed by atoms with van der Waals surface area (Å²) in [5, 5.41) is 10.3. The molecule has 2 aliphatic heterocycles. The normalized spacial score (nSPS) is 17.8. The van der Waals surface area contributed by atoms with Crippen molar-refractivity contribution >= 4 is 17.8 Å². The van der Waals surface area contributed by atoms with Gasteiger partial charge in [0.1, 0.15) is 11.5 Å². The number of carbonyl (C=O) groups excluding carboxylic acids is 2. The third-order valence-corrected chi connectivity index (χ3v) is 5.78. The van der Waals surface area contributed by atoms with Crippen LogP contribution in [0.2, 0.25) is 0 Å². The zero-order valence-corrected chi connectivity index (χ0v) is 18.0. The number of ether oxygens (including phenoxy) is 4. The predicted molar refractivity (Wildman–Crippen MR) is 119 cm³/mol. The molecule has 7 heteroatoms. The minimum absolute atomic E-state index is 0.0236. The van der Waals surface area contributed by atoms with Gasteiger partial charge in [-0.15, -0.1) is 0 Å². The number of carbonyl (C=O) groups is 2. The number of methoxy groups -OCH3 is 2. The number of phenols is 1. The minimum atomic E-state index is -0.497. The fourth-order valence-electron chi connectivity index (χ4n) is 4.21. The molecule has 0 aromatic heterocycles. The summed E-state index contributed by atoms with van der Waals surface area (Å²) in [6, 6.07) is 15.9. The number of Topliss-reactive ketones (excluding diaryl/α,β-unsaturated/α-hetero) is 1. The van der Waals surface area contributed by atoms with Crippen LogP contribution in [-0.2, 0) is 4.79 Å². The lowest BCUT2D eigenvalue weighted by Gasteiger charge is -2.27. The highest BCUT2D eigenvalue weighted by Crippen LogP contribution is 2.51. The predicted octanol–water partition coefficient (Wildman–Crippen LogP) is 4.47. The molecule has 0 spiro atoms. The van der Waals surface area contributed by atoms with Crippen molar-refractivity contribution in [1.82, 2.24) is 0 Å². The zero-order valence-electron chi connectivity index (χ0n) is 18.0. The van der Waals surface area contributed by atoms with Gasteiger partial charge in [0.05, 0.1) is 26.2 Å². The molecule has 0 amide bonds. The van der Waals surface area contributed by atoms with Gasteiger partial charge in [0.15, 0.2) is 17.3 Å². The molecule has 1 N–H and O–H groups in total. The average Bonchev–Trinajstić information content (AvgIpc) is 3.14. The second-order valence-corrected chi connectivity index (χ2v) is 7.71. The van der Waals surface area contributed by atoms with Crippen LogP contribution in [0.5, 0.6) is 28.7 Å². The maximum absolute atomic E-state index is 13.1. The number of phenolic OH excluding ortho intramolecular Hbond substituents is 1. The van der Waals surface area contributed by atoms with Gasteiger partial charge in [-0.2, -0.15) is 0 Å². The van der Waals surface area contributed by atoms with E-state index in [2.05, 4.69) is 0 Å². The first-order chi connectivity index (χ1) is 16.0. The van der Waals surface area contributed by atoms with Gasteiger partial charge in [-0.05, 0) is 41.5 Å². The number of allylic oxidation sites excluding steroid dienone is 1. The van der Waals surface area contributed by atoms with E-state index in [1.807, 2.05) is 30.3 Å². The molecule has 0 saturated heterocycles. The number of hydrogen-bond donors (Lipinski definition) is 1. The molecule has 0 fully saturated rings.